The fourth-order valence-corrected chi connectivity index (χ4v) is 2.45. The number of hydrogen-bond acceptors (Lipinski definition) is 2. The van der Waals surface area contributed by atoms with Crippen LogP contribution in [0, 0.1) is 0 Å². The summed E-state index contributed by atoms with van der Waals surface area (Å²) in [6.45, 7) is -0.695. The van der Waals surface area contributed by atoms with Crippen molar-refractivity contribution in [3.05, 3.63) is 45.6 Å². The molecule has 0 heterocycles. The van der Waals surface area contributed by atoms with E-state index in [2.05, 4.69) is 4.74 Å². The van der Waals surface area contributed by atoms with E-state index >= 15 is 0 Å². The number of allylic oxidation sites excluding steroid dienone is 1. The number of rotatable bonds is 8. The first-order valence-corrected chi connectivity index (χ1v) is 8.64. The van der Waals surface area contributed by atoms with Crippen molar-refractivity contribution in [2.45, 2.75) is 36.3 Å². The molecule has 0 aliphatic carbocycles. The van der Waals surface area contributed by atoms with Crippen molar-refractivity contribution in [3.63, 3.8) is 0 Å². The number of esters is 1. The Kier molecular flexibility index (Phi) is 7.81. The van der Waals surface area contributed by atoms with Gasteiger partial charge in [0.05, 0.1) is 12.2 Å². The highest BCUT2D eigenvalue weighted by atomic mass is 127. The smallest absolute Gasteiger partial charge is 0.460 e. The van der Waals surface area contributed by atoms with E-state index in [0.29, 0.717) is 0 Å². The lowest BCUT2D eigenvalue weighted by atomic mass is 9.97. The van der Waals surface area contributed by atoms with Crippen LogP contribution in [0.5, 0.6) is 0 Å². The molecule has 0 bridgehead atoms. The first-order chi connectivity index (χ1) is 13.4. The van der Waals surface area contributed by atoms with Crippen LogP contribution in [0.25, 0.3) is 0 Å². The molecule has 0 saturated carbocycles. The van der Waals surface area contributed by atoms with Gasteiger partial charge in [-0.15, -0.1) is 0 Å². The molecule has 1 aromatic rings. The van der Waals surface area contributed by atoms with Crippen LogP contribution in [0.15, 0.2) is 40.0 Å². The maximum atomic E-state index is 13.6. The predicted molar refractivity (Wildman–Crippen MR) is 89.3 cm³/mol. The van der Waals surface area contributed by atoms with Gasteiger partial charge in [0, 0.05) is 12.5 Å². The van der Waals surface area contributed by atoms with Crippen molar-refractivity contribution in [1.29, 1.82) is 0 Å². The molecular formula is C16H10F11IO2. The van der Waals surface area contributed by atoms with Gasteiger partial charge in [-0.3, -0.25) is 0 Å². The summed E-state index contributed by atoms with van der Waals surface area (Å²) in [4.78, 5) is 11.6. The van der Waals surface area contributed by atoms with E-state index in [0.717, 1.165) is 22.6 Å². The van der Waals surface area contributed by atoms with E-state index in [1.165, 1.54) is 24.3 Å². The number of benzene rings is 1. The zero-order valence-electron chi connectivity index (χ0n) is 14.2. The topological polar surface area (TPSA) is 26.3 Å². The summed E-state index contributed by atoms with van der Waals surface area (Å²) in [6.07, 6.45) is -8.82. The van der Waals surface area contributed by atoms with E-state index in [9.17, 15) is 53.1 Å². The average Bonchev–Trinajstić information content (AvgIpc) is 2.60. The van der Waals surface area contributed by atoms with Crippen LogP contribution in [0.4, 0.5) is 48.3 Å². The number of ether oxygens (including phenoxy) is 1. The molecule has 14 heteroatoms. The van der Waals surface area contributed by atoms with Gasteiger partial charge in [-0.1, -0.05) is 18.2 Å². The first-order valence-electron chi connectivity index (χ1n) is 7.56. The highest BCUT2D eigenvalue weighted by Crippen LogP contribution is 2.57. The first kappa shape index (κ1) is 26.4. The van der Waals surface area contributed by atoms with Gasteiger partial charge in [0.15, 0.2) is 0 Å². The Morgan fingerprint density at radius 1 is 0.833 bits per heavy atom. The van der Waals surface area contributed by atoms with E-state index in [1.807, 2.05) is 0 Å². The third-order valence-corrected chi connectivity index (χ3v) is 4.34. The van der Waals surface area contributed by atoms with Crippen LogP contribution >= 0.6 is 22.6 Å². The van der Waals surface area contributed by atoms with Gasteiger partial charge < -0.3 is 4.74 Å². The Hall–Kier alpha value is -1.61. The van der Waals surface area contributed by atoms with Gasteiger partial charge in [-0.2, -0.15) is 48.3 Å². The SMILES string of the molecule is O=C(OCCC(I)=CC(F)(F)C(F)(F)C(F)(F)C(F)(F)C(F)(F)F)c1ccccc1. The molecule has 0 unspecified atom stereocenters. The molecule has 0 aromatic heterocycles. The number of halogens is 12. The fourth-order valence-electron chi connectivity index (χ4n) is 1.84. The van der Waals surface area contributed by atoms with Gasteiger partial charge in [-0.25, -0.2) is 4.79 Å². The van der Waals surface area contributed by atoms with Crippen molar-refractivity contribution in [3.8, 4) is 0 Å². The molecule has 1 aromatic carbocycles. The number of hydrogen-bond donors (Lipinski definition) is 0. The van der Waals surface area contributed by atoms with E-state index in [1.54, 1.807) is 6.07 Å². The third kappa shape index (κ3) is 5.17. The third-order valence-electron chi connectivity index (χ3n) is 3.48. The molecule has 0 amide bonds. The average molecular weight is 570 g/mol. The Labute approximate surface area is 175 Å². The highest BCUT2D eigenvalue weighted by molar-refractivity contribution is 14.1. The van der Waals surface area contributed by atoms with Crippen LogP contribution in [0.3, 0.4) is 0 Å². The number of carbonyl (C=O) groups excluding carboxylic acids is 1. The van der Waals surface area contributed by atoms with Crippen LogP contribution < -0.4 is 0 Å². The second kappa shape index (κ2) is 8.86. The number of carbonyl (C=O) groups is 1. The Morgan fingerprint density at radius 3 is 1.80 bits per heavy atom. The molecule has 0 fully saturated rings. The normalized spacial score (nSPS) is 14.6. The molecule has 0 aliphatic heterocycles. The predicted octanol–water partition coefficient (Wildman–Crippen LogP) is 6.66. The van der Waals surface area contributed by atoms with E-state index < -0.39 is 58.5 Å². The molecule has 2 nitrogen and oxygen atoms in total. The lowest BCUT2D eigenvalue weighted by Gasteiger charge is -2.36. The second-order valence-electron chi connectivity index (χ2n) is 5.69. The minimum absolute atomic E-state index is 0.0439. The van der Waals surface area contributed by atoms with E-state index in [4.69, 9.17) is 0 Å². The summed E-state index contributed by atoms with van der Waals surface area (Å²) >= 11 is 0.935. The molecule has 0 aliphatic rings. The van der Waals surface area contributed by atoms with Crippen molar-refractivity contribution in [2.75, 3.05) is 6.61 Å². The summed E-state index contributed by atoms with van der Waals surface area (Å²) in [5.74, 6) is -29.0. The van der Waals surface area contributed by atoms with Crippen molar-refractivity contribution in [1.82, 2.24) is 0 Å². The minimum atomic E-state index is -7.46. The summed E-state index contributed by atoms with van der Waals surface area (Å²) < 4.78 is 146. The van der Waals surface area contributed by atoms with Crippen LogP contribution in [-0.2, 0) is 4.74 Å². The van der Waals surface area contributed by atoms with Gasteiger partial charge in [0.2, 0.25) is 0 Å². The highest BCUT2D eigenvalue weighted by Gasteiger charge is 2.86. The minimum Gasteiger partial charge on any atom is -0.462 e. The summed E-state index contributed by atoms with van der Waals surface area (Å²) in [7, 11) is 0. The monoisotopic (exact) mass is 570 g/mol. The molecule has 0 spiro atoms. The Bertz CT molecular complexity index is 773. The van der Waals surface area contributed by atoms with Gasteiger partial charge >= 0.3 is 35.8 Å². The molecule has 1 rings (SSSR count). The standard InChI is InChI=1S/C16H10F11IO2/c17-12(18,13(19,20)14(21,22)15(23,24)16(25,26)27)8-10(28)6-7-30-11(29)9-4-2-1-3-5-9/h1-5,8H,6-7H2. The van der Waals surface area contributed by atoms with Crippen LogP contribution in [-0.4, -0.2) is 42.4 Å². The Balaban J connectivity index is 2.95. The van der Waals surface area contributed by atoms with Crippen molar-refractivity contribution in [2.24, 2.45) is 0 Å². The second-order valence-corrected chi connectivity index (χ2v) is 7.07. The quantitative estimate of drug-likeness (QED) is 0.199. The maximum Gasteiger partial charge on any atom is 0.460 e. The van der Waals surface area contributed by atoms with Crippen molar-refractivity contribution < 1.29 is 57.8 Å². The molecule has 0 N–H and O–H groups in total. The summed E-state index contributed by atoms with van der Waals surface area (Å²) in [5, 5.41) is 0. The molecule has 170 valence electrons. The van der Waals surface area contributed by atoms with E-state index in [-0.39, 0.29) is 5.56 Å². The zero-order valence-corrected chi connectivity index (χ0v) is 16.4. The fraction of sp³-hybridized carbons (Fsp3) is 0.438. The molecular weight excluding hydrogens is 560 g/mol. The number of alkyl halides is 11. The largest absolute Gasteiger partial charge is 0.462 e. The van der Waals surface area contributed by atoms with Crippen LogP contribution in [0.1, 0.15) is 16.8 Å². The van der Waals surface area contributed by atoms with Crippen molar-refractivity contribution >= 4 is 28.6 Å². The summed E-state index contributed by atoms with van der Waals surface area (Å²) in [6, 6.07) is 7.11. The maximum absolute atomic E-state index is 13.6. The van der Waals surface area contributed by atoms with Gasteiger partial charge in [-0.05, 0) is 38.3 Å². The van der Waals surface area contributed by atoms with Crippen LogP contribution in [0.2, 0.25) is 0 Å². The van der Waals surface area contributed by atoms with Gasteiger partial charge in [0.1, 0.15) is 0 Å². The lowest BCUT2D eigenvalue weighted by molar-refractivity contribution is -0.416. The van der Waals surface area contributed by atoms with Gasteiger partial charge in [0.25, 0.3) is 0 Å². The Morgan fingerprint density at radius 2 is 1.33 bits per heavy atom. The zero-order chi connectivity index (χ0) is 23.6. The molecule has 0 radical (unpaired) electrons. The lowest BCUT2D eigenvalue weighted by Crippen LogP contribution is -2.66. The molecule has 30 heavy (non-hydrogen) atoms. The summed E-state index contributed by atoms with van der Waals surface area (Å²) in [5.41, 5.74) is 0.0439. The molecule has 0 saturated heterocycles. The molecule has 0 atom stereocenters.